The number of aromatic nitrogens is 3. The number of alkyl halides is 3. The van der Waals surface area contributed by atoms with Crippen LogP contribution in [-0.4, -0.2) is 29.4 Å². The van der Waals surface area contributed by atoms with Crippen LogP contribution in [0.5, 0.6) is 0 Å². The molecule has 108 valence electrons. The summed E-state index contributed by atoms with van der Waals surface area (Å²) in [5.74, 6) is -0.548. The Bertz CT molecular complexity index is 710. The van der Waals surface area contributed by atoms with Crippen molar-refractivity contribution in [2.75, 3.05) is 0 Å². The Morgan fingerprint density at radius 1 is 1.15 bits per heavy atom. The zero-order chi connectivity index (χ0) is 15.0. The van der Waals surface area contributed by atoms with Crippen molar-refractivity contribution in [3.63, 3.8) is 0 Å². The van der Waals surface area contributed by atoms with Gasteiger partial charge < -0.3 is 0 Å². The van der Waals surface area contributed by atoms with E-state index < -0.39 is 33.6 Å². The van der Waals surface area contributed by atoms with Gasteiger partial charge in [-0.3, -0.25) is 4.57 Å². The average Bonchev–Trinajstić information content (AvgIpc) is 2.71. The number of primary sulfonamides is 1. The lowest BCUT2D eigenvalue weighted by atomic mass is 10.3. The molecule has 0 saturated carbocycles. The van der Waals surface area contributed by atoms with Gasteiger partial charge in [0.2, 0.25) is 0 Å². The fraction of sp³-hybridized carbons (Fsp3) is 0.200. The number of hydrogen-bond acceptors (Lipinski definition) is 4. The highest BCUT2D eigenvalue weighted by Gasteiger charge is 2.33. The second-order valence-corrected chi connectivity index (χ2v) is 5.36. The second kappa shape index (κ2) is 4.87. The van der Waals surface area contributed by atoms with Crippen LogP contribution < -0.4 is 5.14 Å². The Balaban J connectivity index is 2.64. The molecule has 0 saturated heterocycles. The van der Waals surface area contributed by atoms with Crippen LogP contribution >= 0.6 is 0 Å². The molecular formula is C10H9F3N4O2S. The predicted molar refractivity (Wildman–Crippen MR) is 62.5 cm³/mol. The summed E-state index contributed by atoms with van der Waals surface area (Å²) in [6.07, 6.45) is -5.96. The van der Waals surface area contributed by atoms with Gasteiger partial charge >= 0.3 is 6.18 Å². The summed E-state index contributed by atoms with van der Waals surface area (Å²) in [4.78, 5) is 0. The number of hydrogen-bond donors (Lipinski definition) is 1. The summed E-state index contributed by atoms with van der Waals surface area (Å²) < 4.78 is 61.0. The molecule has 2 aromatic rings. The zero-order valence-corrected chi connectivity index (χ0v) is 10.7. The first-order chi connectivity index (χ1) is 9.18. The molecule has 0 bridgehead atoms. The minimum absolute atomic E-state index is 0.181. The van der Waals surface area contributed by atoms with E-state index in [2.05, 4.69) is 10.2 Å². The van der Waals surface area contributed by atoms with Crippen molar-refractivity contribution >= 4 is 10.0 Å². The molecule has 1 heterocycles. The van der Waals surface area contributed by atoms with Gasteiger partial charge in [0.05, 0.1) is 0 Å². The Labute approximate surface area is 112 Å². The molecule has 0 fully saturated rings. The quantitative estimate of drug-likeness (QED) is 0.916. The summed E-state index contributed by atoms with van der Waals surface area (Å²) in [5.41, 5.74) is 0.181. The molecular weight excluding hydrogens is 297 g/mol. The van der Waals surface area contributed by atoms with E-state index in [-0.39, 0.29) is 5.69 Å². The smallest absolute Gasteiger partial charge is 0.268 e. The topological polar surface area (TPSA) is 90.9 Å². The lowest BCUT2D eigenvalue weighted by Gasteiger charge is -2.10. The van der Waals surface area contributed by atoms with Crippen LogP contribution in [0.25, 0.3) is 5.69 Å². The van der Waals surface area contributed by atoms with Gasteiger partial charge in [0.15, 0.2) is 0 Å². The SMILES string of the molecule is NS(=O)(=O)c1nnc(CC(F)(F)F)n1-c1ccccc1. The molecule has 6 nitrogen and oxygen atoms in total. The third kappa shape index (κ3) is 3.14. The van der Waals surface area contributed by atoms with Crippen LogP contribution in [0.3, 0.4) is 0 Å². The summed E-state index contributed by atoms with van der Waals surface area (Å²) >= 11 is 0. The van der Waals surface area contributed by atoms with Crippen molar-refractivity contribution in [3.8, 4) is 5.69 Å². The maximum Gasteiger partial charge on any atom is 0.396 e. The van der Waals surface area contributed by atoms with Gasteiger partial charge in [-0.05, 0) is 12.1 Å². The number of benzene rings is 1. The number of halogens is 3. The fourth-order valence-electron chi connectivity index (χ4n) is 1.61. The normalized spacial score (nSPS) is 12.6. The van der Waals surface area contributed by atoms with E-state index in [4.69, 9.17) is 5.14 Å². The lowest BCUT2D eigenvalue weighted by Crippen LogP contribution is -2.20. The highest BCUT2D eigenvalue weighted by Crippen LogP contribution is 2.24. The molecule has 0 aliphatic heterocycles. The number of para-hydroxylation sites is 1. The minimum Gasteiger partial charge on any atom is -0.268 e. The molecule has 2 rings (SSSR count). The highest BCUT2D eigenvalue weighted by molar-refractivity contribution is 7.89. The third-order valence-corrected chi connectivity index (χ3v) is 3.10. The standard InChI is InChI=1S/C10H9F3N4O2S/c11-10(12,13)6-8-15-16-9(20(14,18)19)17(8)7-4-2-1-3-5-7/h1-5H,6H2,(H2,14,18,19). The number of sulfonamides is 1. The molecule has 0 amide bonds. The minimum atomic E-state index is -4.55. The molecule has 10 heteroatoms. The highest BCUT2D eigenvalue weighted by atomic mass is 32.2. The fourth-order valence-corrected chi connectivity index (χ4v) is 2.23. The average molecular weight is 306 g/mol. The Morgan fingerprint density at radius 3 is 2.25 bits per heavy atom. The zero-order valence-electron chi connectivity index (χ0n) is 9.87. The van der Waals surface area contributed by atoms with Gasteiger partial charge in [0, 0.05) is 5.69 Å². The van der Waals surface area contributed by atoms with Gasteiger partial charge in [-0.2, -0.15) is 13.2 Å². The van der Waals surface area contributed by atoms with Gasteiger partial charge in [0.25, 0.3) is 15.2 Å². The number of nitrogens with zero attached hydrogens (tertiary/aromatic N) is 3. The maximum atomic E-state index is 12.5. The van der Waals surface area contributed by atoms with Crippen LogP contribution in [0, 0.1) is 0 Å². The Hall–Kier alpha value is -1.94. The summed E-state index contributed by atoms with van der Waals surface area (Å²) in [7, 11) is -4.29. The van der Waals surface area contributed by atoms with Gasteiger partial charge in [-0.25, -0.2) is 13.6 Å². The van der Waals surface area contributed by atoms with E-state index in [0.29, 0.717) is 0 Å². The molecule has 1 aromatic carbocycles. The molecule has 1 aromatic heterocycles. The van der Waals surface area contributed by atoms with E-state index in [1.54, 1.807) is 18.2 Å². The largest absolute Gasteiger partial charge is 0.396 e. The van der Waals surface area contributed by atoms with E-state index in [1.165, 1.54) is 12.1 Å². The molecule has 20 heavy (non-hydrogen) atoms. The molecule has 0 unspecified atom stereocenters. The van der Waals surface area contributed by atoms with Crippen LogP contribution in [0.2, 0.25) is 0 Å². The van der Waals surface area contributed by atoms with Crippen LogP contribution in [0.4, 0.5) is 13.2 Å². The van der Waals surface area contributed by atoms with Crippen molar-refractivity contribution in [2.24, 2.45) is 5.14 Å². The molecule has 0 aliphatic rings. The van der Waals surface area contributed by atoms with E-state index >= 15 is 0 Å². The van der Waals surface area contributed by atoms with E-state index in [1.807, 2.05) is 0 Å². The molecule has 0 spiro atoms. The van der Waals surface area contributed by atoms with Crippen LogP contribution in [-0.2, 0) is 16.4 Å². The monoisotopic (exact) mass is 306 g/mol. The first-order valence-electron chi connectivity index (χ1n) is 5.28. The Kier molecular flexibility index (Phi) is 3.52. The van der Waals surface area contributed by atoms with Gasteiger partial charge in [0.1, 0.15) is 12.2 Å². The van der Waals surface area contributed by atoms with Crippen molar-refractivity contribution < 1.29 is 21.6 Å². The summed E-state index contributed by atoms with van der Waals surface area (Å²) in [6, 6.07) is 7.57. The number of nitrogens with two attached hydrogens (primary N) is 1. The Morgan fingerprint density at radius 2 is 1.75 bits per heavy atom. The van der Waals surface area contributed by atoms with Gasteiger partial charge in [-0.1, -0.05) is 18.2 Å². The van der Waals surface area contributed by atoms with Crippen LogP contribution in [0.15, 0.2) is 35.5 Å². The van der Waals surface area contributed by atoms with Crippen molar-refractivity contribution in [2.45, 2.75) is 17.8 Å². The van der Waals surface area contributed by atoms with Crippen molar-refractivity contribution in [1.82, 2.24) is 14.8 Å². The van der Waals surface area contributed by atoms with E-state index in [9.17, 15) is 21.6 Å². The lowest BCUT2D eigenvalue weighted by molar-refractivity contribution is -0.128. The first-order valence-corrected chi connectivity index (χ1v) is 6.82. The number of rotatable bonds is 3. The van der Waals surface area contributed by atoms with Crippen molar-refractivity contribution in [3.05, 3.63) is 36.2 Å². The van der Waals surface area contributed by atoms with Crippen molar-refractivity contribution in [1.29, 1.82) is 0 Å². The molecule has 0 aliphatic carbocycles. The molecule has 0 radical (unpaired) electrons. The molecule has 0 atom stereocenters. The summed E-state index contributed by atoms with van der Waals surface area (Å²) in [5, 5.41) is 10.7. The first kappa shape index (κ1) is 14.5. The van der Waals surface area contributed by atoms with Crippen LogP contribution in [0.1, 0.15) is 5.82 Å². The van der Waals surface area contributed by atoms with E-state index in [0.717, 1.165) is 4.57 Å². The third-order valence-electron chi connectivity index (χ3n) is 2.33. The second-order valence-electron chi connectivity index (χ2n) is 3.91. The van der Waals surface area contributed by atoms with Gasteiger partial charge in [-0.15, -0.1) is 10.2 Å². The molecule has 2 N–H and O–H groups in total. The predicted octanol–water partition coefficient (Wildman–Crippen LogP) is 1.02. The maximum absolute atomic E-state index is 12.5. The summed E-state index contributed by atoms with van der Waals surface area (Å²) in [6.45, 7) is 0.